The second-order valence-electron chi connectivity index (χ2n) is 3.48. The lowest BCUT2D eigenvalue weighted by Gasteiger charge is -2.10. The van der Waals surface area contributed by atoms with Crippen molar-refractivity contribution in [3.05, 3.63) is 42.1 Å². The number of hydrazine groups is 1. The SMILES string of the molecule is Nc1cnn2c1NNC2c1ccccc1. The summed E-state index contributed by atoms with van der Waals surface area (Å²) in [6.07, 6.45) is 1.66. The van der Waals surface area contributed by atoms with Crippen molar-refractivity contribution in [2.75, 3.05) is 11.2 Å². The van der Waals surface area contributed by atoms with Gasteiger partial charge in [0.25, 0.3) is 0 Å². The van der Waals surface area contributed by atoms with Gasteiger partial charge in [-0.15, -0.1) is 0 Å². The van der Waals surface area contributed by atoms with E-state index in [2.05, 4.69) is 16.0 Å². The Morgan fingerprint density at radius 2 is 2.07 bits per heavy atom. The Morgan fingerprint density at radius 1 is 1.27 bits per heavy atom. The van der Waals surface area contributed by atoms with Crippen LogP contribution in [0.4, 0.5) is 11.5 Å². The van der Waals surface area contributed by atoms with Gasteiger partial charge in [-0.1, -0.05) is 30.3 Å². The van der Waals surface area contributed by atoms with Crippen molar-refractivity contribution < 1.29 is 0 Å². The van der Waals surface area contributed by atoms with E-state index in [0.29, 0.717) is 5.69 Å². The molecule has 1 aliphatic heterocycles. The lowest BCUT2D eigenvalue weighted by Crippen LogP contribution is -2.23. The van der Waals surface area contributed by atoms with Crippen LogP contribution in [0.5, 0.6) is 0 Å². The zero-order chi connectivity index (χ0) is 10.3. The molecule has 0 fully saturated rings. The van der Waals surface area contributed by atoms with E-state index in [1.165, 1.54) is 0 Å². The minimum Gasteiger partial charge on any atom is -0.394 e. The number of nitrogen functional groups attached to an aromatic ring is 1. The normalized spacial score (nSPS) is 18.5. The first-order valence-corrected chi connectivity index (χ1v) is 4.76. The molecule has 1 aromatic carbocycles. The Bertz CT molecular complexity index is 476. The van der Waals surface area contributed by atoms with Gasteiger partial charge in [0.05, 0.1) is 11.9 Å². The molecule has 1 unspecified atom stereocenters. The summed E-state index contributed by atoms with van der Waals surface area (Å²) in [4.78, 5) is 0. The van der Waals surface area contributed by atoms with Crippen LogP contribution in [0.3, 0.4) is 0 Å². The van der Waals surface area contributed by atoms with Gasteiger partial charge in [0.2, 0.25) is 0 Å². The highest BCUT2D eigenvalue weighted by molar-refractivity contribution is 5.62. The van der Waals surface area contributed by atoms with Gasteiger partial charge in [0, 0.05) is 0 Å². The molecule has 2 heterocycles. The third-order valence-electron chi connectivity index (χ3n) is 2.51. The van der Waals surface area contributed by atoms with Crippen LogP contribution in [0, 0.1) is 0 Å². The number of nitrogens with one attached hydrogen (secondary N) is 2. The first-order valence-electron chi connectivity index (χ1n) is 4.76. The standard InChI is InChI=1S/C10H11N5/c11-8-6-12-15-9(13-14-10(8)15)7-4-2-1-3-5-7/h1-6,9,13-14H,11H2. The van der Waals surface area contributed by atoms with Crippen LogP contribution < -0.4 is 16.6 Å². The molecule has 15 heavy (non-hydrogen) atoms. The predicted octanol–water partition coefficient (Wildman–Crippen LogP) is 0.942. The summed E-state index contributed by atoms with van der Waals surface area (Å²) in [5.74, 6) is 0.823. The van der Waals surface area contributed by atoms with E-state index in [1.54, 1.807) is 6.20 Å². The van der Waals surface area contributed by atoms with E-state index in [1.807, 2.05) is 35.0 Å². The Labute approximate surface area is 86.9 Å². The first-order chi connectivity index (χ1) is 7.36. The van der Waals surface area contributed by atoms with Crippen LogP contribution in [-0.4, -0.2) is 9.78 Å². The summed E-state index contributed by atoms with van der Waals surface area (Å²) >= 11 is 0. The molecular formula is C10H11N5. The summed E-state index contributed by atoms with van der Waals surface area (Å²) in [5.41, 5.74) is 13.7. The highest BCUT2D eigenvalue weighted by atomic mass is 15.6. The number of fused-ring (bicyclic) bond motifs is 1. The number of anilines is 2. The number of hydrogen-bond donors (Lipinski definition) is 3. The predicted molar refractivity (Wildman–Crippen MR) is 58.0 cm³/mol. The number of nitrogens with two attached hydrogens (primary N) is 1. The molecule has 76 valence electrons. The summed E-state index contributed by atoms with van der Waals surface area (Å²) < 4.78 is 1.84. The molecule has 3 rings (SSSR count). The maximum atomic E-state index is 5.75. The lowest BCUT2D eigenvalue weighted by molar-refractivity contribution is 0.517. The molecule has 0 saturated heterocycles. The van der Waals surface area contributed by atoms with E-state index in [9.17, 15) is 0 Å². The van der Waals surface area contributed by atoms with E-state index < -0.39 is 0 Å². The Morgan fingerprint density at radius 3 is 2.87 bits per heavy atom. The molecule has 0 spiro atoms. The molecule has 0 aliphatic carbocycles. The van der Waals surface area contributed by atoms with E-state index in [0.717, 1.165) is 11.4 Å². The minimum absolute atomic E-state index is 0.0125. The molecule has 1 atom stereocenters. The molecule has 1 aliphatic rings. The average molecular weight is 201 g/mol. The minimum atomic E-state index is 0.0125. The number of nitrogens with zero attached hydrogens (tertiary/aromatic N) is 2. The van der Waals surface area contributed by atoms with Crippen LogP contribution in [0.25, 0.3) is 0 Å². The van der Waals surface area contributed by atoms with Crippen molar-refractivity contribution in [1.29, 1.82) is 0 Å². The third kappa shape index (κ3) is 1.17. The lowest BCUT2D eigenvalue weighted by atomic mass is 10.2. The second-order valence-corrected chi connectivity index (χ2v) is 3.48. The van der Waals surface area contributed by atoms with Crippen LogP contribution in [-0.2, 0) is 0 Å². The van der Waals surface area contributed by atoms with E-state index in [4.69, 9.17) is 5.73 Å². The highest BCUT2D eigenvalue weighted by Crippen LogP contribution is 2.28. The second kappa shape index (κ2) is 2.99. The van der Waals surface area contributed by atoms with Crippen LogP contribution in [0.2, 0.25) is 0 Å². The molecule has 4 N–H and O–H groups in total. The van der Waals surface area contributed by atoms with E-state index in [-0.39, 0.29) is 6.17 Å². The zero-order valence-electron chi connectivity index (χ0n) is 8.01. The molecular weight excluding hydrogens is 190 g/mol. The fraction of sp³-hybridized carbons (Fsp3) is 0.100. The van der Waals surface area contributed by atoms with Gasteiger partial charge in [-0.25, -0.2) is 10.1 Å². The number of rotatable bonds is 1. The topological polar surface area (TPSA) is 67.9 Å². The smallest absolute Gasteiger partial charge is 0.164 e. The van der Waals surface area contributed by atoms with Crippen molar-refractivity contribution in [3.63, 3.8) is 0 Å². The largest absolute Gasteiger partial charge is 0.394 e. The van der Waals surface area contributed by atoms with Crippen molar-refractivity contribution in [2.24, 2.45) is 0 Å². The van der Waals surface area contributed by atoms with Gasteiger partial charge in [0.15, 0.2) is 5.82 Å². The first kappa shape index (κ1) is 8.31. The molecule has 0 radical (unpaired) electrons. The maximum absolute atomic E-state index is 5.75. The molecule has 5 nitrogen and oxygen atoms in total. The number of hydrogen-bond acceptors (Lipinski definition) is 4. The van der Waals surface area contributed by atoms with Crippen LogP contribution >= 0.6 is 0 Å². The summed E-state index contributed by atoms with van der Waals surface area (Å²) in [7, 11) is 0. The van der Waals surface area contributed by atoms with Gasteiger partial charge >= 0.3 is 0 Å². The average Bonchev–Trinajstić information content (AvgIpc) is 2.83. The van der Waals surface area contributed by atoms with E-state index >= 15 is 0 Å². The van der Waals surface area contributed by atoms with Gasteiger partial charge in [-0.3, -0.25) is 0 Å². The van der Waals surface area contributed by atoms with Gasteiger partial charge < -0.3 is 11.2 Å². The fourth-order valence-corrected chi connectivity index (χ4v) is 1.76. The number of aromatic nitrogens is 2. The molecule has 2 aromatic rings. The van der Waals surface area contributed by atoms with Crippen molar-refractivity contribution in [3.8, 4) is 0 Å². The maximum Gasteiger partial charge on any atom is 0.164 e. The summed E-state index contributed by atoms with van der Waals surface area (Å²) in [6.45, 7) is 0. The van der Waals surface area contributed by atoms with Crippen molar-refractivity contribution in [1.82, 2.24) is 15.2 Å². The van der Waals surface area contributed by atoms with Crippen molar-refractivity contribution >= 4 is 11.5 Å². The molecule has 0 bridgehead atoms. The monoisotopic (exact) mass is 201 g/mol. The molecule has 0 amide bonds. The Balaban J connectivity index is 2.04. The van der Waals surface area contributed by atoms with Crippen molar-refractivity contribution in [2.45, 2.75) is 6.17 Å². The Kier molecular flexibility index (Phi) is 1.66. The fourth-order valence-electron chi connectivity index (χ4n) is 1.76. The Hall–Kier alpha value is -2.01. The van der Waals surface area contributed by atoms with Gasteiger partial charge in [-0.2, -0.15) is 5.10 Å². The highest BCUT2D eigenvalue weighted by Gasteiger charge is 2.24. The third-order valence-corrected chi connectivity index (χ3v) is 2.51. The van der Waals surface area contributed by atoms with Gasteiger partial charge in [0.1, 0.15) is 6.17 Å². The molecule has 5 heteroatoms. The molecule has 1 aromatic heterocycles. The zero-order valence-corrected chi connectivity index (χ0v) is 8.01. The summed E-state index contributed by atoms with van der Waals surface area (Å²) in [5, 5.41) is 4.22. The number of benzene rings is 1. The molecule has 0 saturated carbocycles. The van der Waals surface area contributed by atoms with Crippen LogP contribution in [0.1, 0.15) is 11.7 Å². The van der Waals surface area contributed by atoms with Crippen LogP contribution in [0.15, 0.2) is 36.5 Å². The van der Waals surface area contributed by atoms with Gasteiger partial charge in [-0.05, 0) is 5.56 Å². The quantitative estimate of drug-likeness (QED) is 0.642. The summed E-state index contributed by atoms with van der Waals surface area (Å²) in [6, 6.07) is 10.1.